The van der Waals surface area contributed by atoms with Crippen molar-refractivity contribution in [3.63, 3.8) is 0 Å². The number of nitrogens with one attached hydrogen (secondary N) is 1. The molecule has 1 heterocycles. The molecule has 88 valence electrons. The zero-order valence-corrected chi connectivity index (χ0v) is 9.40. The number of hydrogen-bond acceptors (Lipinski definition) is 3. The van der Waals surface area contributed by atoms with E-state index < -0.39 is 12.1 Å². The lowest BCUT2D eigenvalue weighted by molar-refractivity contribution is -0.157. The third-order valence-electron chi connectivity index (χ3n) is 2.15. The lowest BCUT2D eigenvalue weighted by atomic mass is 10.1. The summed E-state index contributed by atoms with van der Waals surface area (Å²) in [6.07, 6.45) is -4.46. The van der Waals surface area contributed by atoms with Crippen LogP contribution in [0.15, 0.2) is 17.5 Å². The second-order valence-corrected chi connectivity index (χ2v) is 4.35. The predicted octanol–water partition coefficient (Wildman–Crippen LogP) is 3.10. The molecule has 0 saturated carbocycles. The summed E-state index contributed by atoms with van der Waals surface area (Å²) >= 11 is 1.47. The second-order valence-electron chi connectivity index (χ2n) is 3.37. The van der Waals surface area contributed by atoms with Crippen LogP contribution < -0.4 is 5.32 Å². The fraction of sp³-hybridized carbons (Fsp3) is 0.500. The van der Waals surface area contributed by atoms with E-state index in [2.05, 4.69) is 5.32 Å². The Morgan fingerprint density at radius 3 is 2.69 bits per heavy atom. The van der Waals surface area contributed by atoms with E-state index in [4.69, 9.17) is 5.26 Å². The molecule has 0 saturated heterocycles. The summed E-state index contributed by atoms with van der Waals surface area (Å²) < 4.78 is 36.8. The van der Waals surface area contributed by atoms with Gasteiger partial charge in [0.25, 0.3) is 0 Å². The van der Waals surface area contributed by atoms with Crippen LogP contribution in [-0.4, -0.2) is 12.7 Å². The first-order valence-electron chi connectivity index (χ1n) is 4.68. The number of alkyl halides is 3. The molecule has 0 aromatic carbocycles. The molecule has 0 radical (unpaired) electrons. The molecule has 0 amide bonds. The third-order valence-corrected chi connectivity index (χ3v) is 3.20. The highest BCUT2D eigenvalue weighted by Gasteiger charge is 2.39. The van der Waals surface area contributed by atoms with Crippen LogP contribution in [-0.2, 0) is 0 Å². The minimum atomic E-state index is -4.46. The SMILES string of the molecule is CC(NCC(C#N)C(F)(F)F)c1cccs1. The fourth-order valence-electron chi connectivity index (χ4n) is 1.17. The molecule has 0 spiro atoms. The largest absolute Gasteiger partial charge is 0.405 e. The van der Waals surface area contributed by atoms with Gasteiger partial charge in [0, 0.05) is 17.5 Å². The van der Waals surface area contributed by atoms with Gasteiger partial charge < -0.3 is 5.32 Å². The maximum absolute atomic E-state index is 12.3. The molecule has 2 unspecified atom stereocenters. The smallest absolute Gasteiger partial charge is 0.308 e. The van der Waals surface area contributed by atoms with E-state index in [9.17, 15) is 13.2 Å². The molecular weight excluding hydrogens is 237 g/mol. The summed E-state index contributed by atoms with van der Waals surface area (Å²) in [5.74, 6) is -1.95. The van der Waals surface area contributed by atoms with Gasteiger partial charge in [-0.2, -0.15) is 18.4 Å². The maximum atomic E-state index is 12.3. The van der Waals surface area contributed by atoms with Crippen LogP contribution in [0.1, 0.15) is 17.8 Å². The van der Waals surface area contributed by atoms with Gasteiger partial charge in [0.05, 0.1) is 6.07 Å². The van der Waals surface area contributed by atoms with E-state index >= 15 is 0 Å². The van der Waals surface area contributed by atoms with Crippen molar-refractivity contribution in [3.05, 3.63) is 22.4 Å². The van der Waals surface area contributed by atoms with Crippen molar-refractivity contribution < 1.29 is 13.2 Å². The van der Waals surface area contributed by atoms with Crippen molar-refractivity contribution in [2.24, 2.45) is 5.92 Å². The number of halogens is 3. The first-order valence-corrected chi connectivity index (χ1v) is 5.56. The Labute approximate surface area is 95.7 Å². The average Bonchev–Trinajstić information content (AvgIpc) is 2.68. The molecule has 1 rings (SSSR count). The van der Waals surface area contributed by atoms with Gasteiger partial charge >= 0.3 is 6.18 Å². The standard InChI is InChI=1S/C10H11F3N2S/c1-7(9-3-2-4-16-9)15-6-8(5-14)10(11,12)13/h2-4,7-8,15H,6H2,1H3. The molecule has 6 heteroatoms. The first kappa shape index (κ1) is 13.0. The van der Waals surface area contributed by atoms with Gasteiger partial charge in [0.1, 0.15) is 0 Å². The Kier molecular flexibility index (Phi) is 4.33. The molecule has 2 nitrogen and oxygen atoms in total. The van der Waals surface area contributed by atoms with Gasteiger partial charge in [-0.3, -0.25) is 0 Å². The summed E-state index contributed by atoms with van der Waals surface area (Å²) in [7, 11) is 0. The Balaban J connectivity index is 2.48. The molecule has 16 heavy (non-hydrogen) atoms. The third kappa shape index (κ3) is 3.51. The zero-order chi connectivity index (χ0) is 12.2. The summed E-state index contributed by atoms with van der Waals surface area (Å²) in [5, 5.41) is 13.0. The van der Waals surface area contributed by atoms with E-state index in [0.29, 0.717) is 0 Å². The van der Waals surface area contributed by atoms with Crippen molar-refractivity contribution in [3.8, 4) is 6.07 Å². The van der Waals surface area contributed by atoms with Crippen molar-refractivity contribution in [1.82, 2.24) is 5.32 Å². The minimum absolute atomic E-state index is 0.168. The van der Waals surface area contributed by atoms with Crippen LogP contribution in [0.3, 0.4) is 0 Å². The first-order chi connectivity index (χ1) is 7.45. The number of nitrogens with zero attached hydrogens (tertiary/aromatic N) is 1. The lowest BCUT2D eigenvalue weighted by Crippen LogP contribution is -2.33. The maximum Gasteiger partial charge on any atom is 0.405 e. The van der Waals surface area contributed by atoms with Crippen LogP contribution in [0.4, 0.5) is 13.2 Å². The lowest BCUT2D eigenvalue weighted by Gasteiger charge is -2.17. The van der Waals surface area contributed by atoms with E-state index in [0.717, 1.165) is 4.88 Å². The van der Waals surface area contributed by atoms with Crippen molar-refractivity contribution >= 4 is 11.3 Å². The van der Waals surface area contributed by atoms with Crippen LogP contribution in [0, 0.1) is 17.2 Å². The predicted molar refractivity (Wildman–Crippen MR) is 55.9 cm³/mol. The molecule has 0 aliphatic carbocycles. The minimum Gasteiger partial charge on any atom is -0.308 e. The molecule has 0 fully saturated rings. The van der Waals surface area contributed by atoms with Gasteiger partial charge in [-0.15, -0.1) is 11.3 Å². The summed E-state index contributed by atoms with van der Waals surface area (Å²) in [6.45, 7) is 1.40. The van der Waals surface area contributed by atoms with Crippen molar-refractivity contribution in [2.75, 3.05) is 6.54 Å². The Morgan fingerprint density at radius 2 is 2.25 bits per heavy atom. The highest BCUT2D eigenvalue weighted by atomic mass is 32.1. The number of nitriles is 1. The van der Waals surface area contributed by atoms with Gasteiger partial charge in [-0.25, -0.2) is 0 Å². The molecule has 1 aromatic heterocycles. The fourth-order valence-corrected chi connectivity index (χ4v) is 1.93. The Morgan fingerprint density at radius 1 is 1.56 bits per heavy atom. The van der Waals surface area contributed by atoms with Gasteiger partial charge in [-0.05, 0) is 18.4 Å². The molecule has 0 aliphatic rings. The van der Waals surface area contributed by atoms with Gasteiger partial charge in [0.15, 0.2) is 5.92 Å². The number of rotatable bonds is 4. The molecule has 0 aliphatic heterocycles. The summed E-state index contributed by atoms with van der Waals surface area (Å²) in [6, 6.07) is 4.77. The average molecular weight is 248 g/mol. The zero-order valence-electron chi connectivity index (χ0n) is 8.58. The molecule has 1 aromatic rings. The summed E-state index contributed by atoms with van der Waals surface area (Å²) in [5.41, 5.74) is 0. The normalized spacial score (nSPS) is 15.4. The Bertz CT molecular complexity index is 353. The quantitative estimate of drug-likeness (QED) is 0.888. The molecule has 1 N–H and O–H groups in total. The topological polar surface area (TPSA) is 35.8 Å². The number of hydrogen-bond donors (Lipinski definition) is 1. The highest BCUT2D eigenvalue weighted by molar-refractivity contribution is 7.10. The molecule has 0 bridgehead atoms. The highest BCUT2D eigenvalue weighted by Crippen LogP contribution is 2.26. The Hall–Kier alpha value is -1.06. The van der Waals surface area contributed by atoms with E-state index in [-0.39, 0.29) is 12.6 Å². The molecule has 2 atom stereocenters. The van der Waals surface area contributed by atoms with E-state index in [1.807, 2.05) is 17.5 Å². The van der Waals surface area contributed by atoms with Crippen LogP contribution >= 0.6 is 11.3 Å². The summed E-state index contributed by atoms with van der Waals surface area (Å²) in [4.78, 5) is 0.957. The van der Waals surface area contributed by atoms with Gasteiger partial charge in [0.2, 0.25) is 0 Å². The van der Waals surface area contributed by atoms with Crippen molar-refractivity contribution in [1.29, 1.82) is 5.26 Å². The number of thiophene rings is 1. The van der Waals surface area contributed by atoms with Crippen molar-refractivity contribution in [2.45, 2.75) is 19.1 Å². The van der Waals surface area contributed by atoms with Crippen LogP contribution in [0.25, 0.3) is 0 Å². The van der Waals surface area contributed by atoms with E-state index in [1.165, 1.54) is 17.4 Å². The van der Waals surface area contributed by atoms with E-state index in [1.54, 1.807) is 6.92 Å². The monoisotopic (exact) mass is 248 g/mol. The van der Waals surface area contributed by atoms with Gasteiger partial charge in [-0.1, -0.05) is 6.07 Å². The second kappa shape index (κ2) is 5.32. The molecular formula is C10H11F3N2S. The van der Waals surface area contributed by atoms with Crippen LogP contribution in [0.5, 0.6) is 0 Å². The van der Waals surface area contributed by atoms with Crippen LogP contribution in [0.2, 0.25) is 0 Å².